The number of halogens is 2. The maximum atomic E-state index is 11.7. The van der Waals surface area contributed by atoms with Crippen LogP contribution < -0.4 is 22.3 Å². The second-order valence-corrected chi connectivity index (χ2v) is 8.37. The number of thioether (sulfide) groups is 1. The van der Waals surface area contributed by atoms with Crippen molar-refractivity contribution in [3.05, 3.63) is 107 Å². The Kier molecular flexibility index (Phi) is 7.42. The van der Waals surface area contributed by atoms with E-state index >= 15 is 0 Å². The number of allylic oxidation sites excluding steroid dienone is 1. The number of para-hydroxylation sites is 1. The topological polar surface area (TPSA) is 35.3 Å². The lowest BCUT2D eigenvalue weighted by atomic mass is 10.0. The predicted molar refractivity (Wildman–Crippen MR) is 123 cm³/mol. The molecule has 0 saturated heterocycles. The molecule has 1 aliphatic rings. The summed E-state index contributed by atoms with van der Waals surface area (Å²) in [5.41, 5.74) is 2.67. The molecule has 0 saturated carbocycles. The molecule has 30 heavy (non-hydrogen) atoms. The molecule has 1 aliphatic heterocycles. The highest BCUT2D eigenvalue weighted by atomic mass is 79.9. The molecule has 0 aromatic heterocycles. The maximum absolute atomic E-state index is 11.7. The zero-order chi connectivity index (χ0) is 20.3. The summed E-state index contributed by atoms with van der Waals surface area (Å²) in [6, 6.07) is 27.5. The predicted octanol–water partition coefficient (Wildman–Crippen LogP) is 2.99. The van der Waals surface area contributed by atoms with Crippen LogP contribution >= 0.6 is 23.4 Å². The average molecular weight is 502 g/mol. The van der Waals surface area contributed by atoms with Gasteiger partial charge in [0.25, 0.3) is 0 Å². The maximum Gasteiger partial charge on any atom is 0.307 e. The molecule has 0 radical (unpaired) electrons. The fourth-order valence-corrected chi connectivity index (χ4v) is 4.83. The van der Waals surface area contributed by atoms with Crippen molar-refractivity contribution in [3.63, 3.8) is 0 Å². The van der Waals surface area contributed by atoms with E-state index in [1.807, 2.05) is 96.4 Å². The Morgan fingerprint density at radius 2 is 1.60 bits per heavy atom. The van der Waals surface area contributed by atoms with Crippen molar-refractivity contribution in [2.45, 2.75) is 12.6 Å². The van der Waals surface area contributed by atoms with Crippen LogP contribution in [0.25, 0.3) is 0 Å². The first-order valence-corrected chi connectivity index (χ1v) is 10.8. The zero-order valence-electron chi connectivity index (χ0n) is 16.4. The first kappa shape index (κ1) is 22.6. The third kappa shape index (κ3) is 4.81. The Labute approximate surface area is 196 Å². The summed E-state index contributed by atoms with van der Waals surface area (Å²) in [6.45, 7) is 2.02. The van der Waals surface area contributed by atoms with Gasteiger partial charge in [-0.2, -0.15) is 4.58 Å². The van der Waals surface area contributed by atoms with E-state index in [0.29, 0.717) is 10.8 Å². The van der Waals surface area contributed by atoms with Crippen molar-refractivity contribution in [1.29, 1.82) is 0 Å². The lowest BCUT2D eigenvalue weighted by Crippen LogP contribution is -3.00. The summed E-state index contributed by atoms with van der Waals surface area (Å²) in [6.07, 6.45) is 2.08. The second-order valence-electron chi connectivity index (χ2n) is 6.94. The highest BCUT2D eigenvalue weighted by Gasteiger charge is 2.50. The van der Waals surface area contributed by atoms with Gasteiger partial charge in [-0.1, -0.05) is 48.0 Å². The van der Waals surface area contributed by atoms with Gasteiger partial charge in [0.2, 0.25) is 10.7 Å². The Hall–Kier alpha value is -2.05. The third-order valence-electron chi connectivity index (χ3n) is 4.79. The van der Waals surface area contributed by atoms with Crippen molar-refractivity contribution >= 4 is 39.8 Å². The molecule has 2 N–H and O–H groups in total. The van der Waals surface area contributed by atoms with E-state index in [0.717, 1.165) is 27.7 Å². The van der Waals surface area contributed by atoms with E-state index in [4.69, 9.17) is 11.6 Å². The van der Waals surface area contributed by atoms with Gasteiger partial charge in [0, 0.05) is 34.6 Å². The van der Waals surface area contributed by atoms with Gasteiger partial charge in [0.05, 0.1) is 5.56 Å². The van der Waals surface area contributed by atoms with E-state index < -0.39 is 5.72 Å². The fourth-order valence-electron chi connectivity index (χ4n) is 3.41. The van der Waals surface area contributed by atoms with Crippen LogP contribution in [0.3, 0.4) is 0 Å². The molecule has 0 bridgehead atoms. The van der Waals surface area contributed by atoms with Gasteiger partial charge in [-0.15, -0.1) is 0 Å². The highest BCUT2D eigenvalue weighted by molar-refractivity contribution is 8.14. The van der Waals surface area contributed by atoms with Crippen molar-refractivity contribution in [3.8, 4) is 0 Å². The molecule has 0 fully saturated rings. The molecule has 0 aliphatic carbocycles. The van der Waals surface area contributed by atoms with Crippen molar-refractivity contribution < 1.29 is 26.7 Å². The Bertz CT molecular complexity index is 1060. The molecule has 3 nitrogen and oxygen atoms in total. The van der Waals surface area contributed by atoms with Crippen LogP contribution in [0.15, 0.2) is 96.7 Å². The number of nitrogens with one attached hydrogen (secondary N) is 1. The van der Waals surface area contributed by atoms with Crippen LogP contribution in [0, 0.1) is 0 Å². The number of nitrogens with zero attached hydrogens (tertiary/aromatic N) is 1. The van der Waals surface area contributed by atoms with Gasteiger partial charge in [0.1, 0.15) is 5.75 Å². The SMILES string of the molecule is C/C(=C\C1=[N+](c2ccccc2)C(O)(c2ccccc2)CS1)Nc1ccc(Cl)cc1.[Br-]. The largest absolute Gasteiger partial charge is 1.00 e. The summed E-state index contributed by atoms with van der Waals surface area (Å²) in [4.78, 5) is 0. The molecule has 4 rings (SSSR count). The molecule has 1 unspecified atom stereocenters. The first-order chi connectivity index (χ1) is 14.1. The molecule has 3 aromatic carbocycles. The standard InChI is InChI=1S/C24H21ClN2OS.BrH/c1-18(26-21-14-12-20(25)13-15-21)16-23-27(22-10-6-3-7-11-22)24(28,17-29-23)19-8-4-2-5-9-19;/h2-16,28H,17H2,1H3;1H. The van der Waals surface area contributed by atoms with Gasteiger partial charge in [-0.05, 0) is 55.1 Å². The monoisotopic (exact) mass is 500 g/mol. The van der Waals surface area contributed by atoms with Crippen molar-refractivity contribution in [2.75, 3.05) is 11.1 Å². The van der Waals surface area contributed by atoms with Crippen LogP contribution in [-0.4, -0.2) is 20.5 Å². The summed E-state index contributed by atoms with van der Waals surface area (Å²) in [5.74, 6) is 0.548. The molecule has 1 atom stereocenters. The molecule has 0 spiro atoms. The quantitative estimate of drug-likeness (QED) is 0.528. The van der Waals surface area contributed by atoms with Crippen molar-refractivity contribution in [1.82, 2.24) is 0 Å². The van der Waals surface area contributed by atoms with Crippen LogP contribution in [0.1, 0.15) is 12.5 Å². The molecule has 1 heterocycles. The second kappa shape index (κ2) is 9.84. The summed E-state index contributed by atoms with van der Waals surface area (Å²) in [7, 11) is 0. The zero-order valence-corrected chi connectivity index (χ0v) is 19.6. The molecule has 0 amide bonds. The molecule has 6 heteroatoms. The van der Waals surface area contributed by atoms with E-state index in [1.54, 1.807) is 11.8 Å². The lowest BCUT2D eigenvalue weighted by molar-refractivity contribution is -0.592. The molecular weight excluding hydrogens is 480 g/mol. The van der Waals surface area contributed by atoms with Crippen LogP contribution in [0.4, 0.5) is 11.4 Å². The van der Waals surface area contributed by atoms with Gasteiger partial charge in [-0.3, -0.25) is 0 Å². The molecule has 154 valence electrons. The minimum atomic E-state index is -1.11. The van der Waals surface area contributed by atoms with Gasteiger partial charge in [-0.25, -0.2) is 0 Å². The van der Waals surface area contributed by atoms with Crippen LogP contribution in [0.2, 0.25) is 5.02 Å². The number of rotatable bonds is 5. The number of hydrogen-bond acceptors (Lipinski definition) is 3. The van der Waals surface area contributed by atoms with Crippen LogP contribution in [-0.2, 0) is 5.72 Å². The normalized spacial score (nSPS) is 18.8. The Morgan fingerprint density at radius 3 is 2.23 bits per heavy atom. The van der Waals surface area contributed by atoms with Gasteiger partial charge >= 0.3 is 5.72 Å². The third-order valence-corrected chi connectivity index (χ3v) is 6.18. The molecular formula is C24H22BrClN2OS. The lowest BCUT2D eigenvalue weighted by Gasteiger charge is -2.20. The number of hydrogen-bond donors (Lipinski definition) is 2. The number of aliphatic hydroxyl groups is 1. The average Bonchev–Trinajstić information content (AvgIpc) is 3.08. The number of benzene rings is 3. The van der Waals surface area contributed by atoms with Gasteiger partial charge in [0.15, 0.2) is 0 Å². The summed E-state index contributed by atoms with van der Waals surface area (Å²) >= 11 is 7.62. The van der Waals surface area contributed by atoms with Crippen LogP contribution in [0.5, 0.6) is 0 Å². The van der Waals surface area contributed by atoms with Gasteiger partial charge < -0.3 is 27.4 Å². The molecule has 3 aromatic rings. The fraction of sp³-hybridized carbons (Fsp3) is 0.125. The Morgan fingerprint density at radius 1 is 1.00 bits per heavy atom. The van der Waals surface area contributed by atoms with E-state index in [-0.39, 0.29) is 17.0 Å². The Balaban J connectivity index is 0.00000256. The van der Waals surface area contributed by atoms with E-state index in [9.17, 15) is 5.11 Å². The highest BCUT2D eigenvalue weighted by Crippen LogP contribution is 2.39. The van der Waals surface area contributed by atoms with E-state index in [1.165, 1.54) is 0 Å². The first-order valence-electron chi connectivity index (χ1n) is 9.40. The van der Waals surface area contributed by atoms with E-state index in [2.05, 4.69) is 11.4 Å². The minimum Gasteiger partial charge on any atom is -1.00 e. The number of anilines is 1. The van der Waals surface area contributed by atoms with Crippen molar-refractivity contribution in [2.24, 2.45) is 0 Å². The summed E-state index contributed by atoms with van der Waals surface area (Å²) in [5, 5.41) is 16.8. The smallest absolute Gasteiger partial charge is 0.307 e. The summed E-state index contributed by atoms with van der Waals surface area (Å²) < 4.78 is 2.01. The minimum absolute atomic E-state index is 0.